The van der Waals surface area contributed by atoms with Crippen molar-refractivity contribution in [2.45, 2.75) is 26.3 Å². The molecule has 0 fully saturated rings. The SMILES string of the molecule is CCC(CCN)Cn1cccn1. The van der Waals surface area contributed by atoms with Crippen LogP contribution in [0.4, 0.5) is 0 Å². The number of hydrogen-bond donors (Lipinski definition) is 1. The molecule has 0 aromatic carbocycles. The molecule has 3 heteroatoms. The van der Waals surface area contributed by atoms with Gasteiger partial charge in [0.2, 0.25) is 0 Å². The van der Waals surface area contributed by atoms with Crippen molar-refractivity contribution >= 4 is 0 Å². The van der Waals surface area contributed by atoms with Crippen LogP contribution < -0.4 is 5.73 Å². The molecule has 1 aromatic heterocycles. The molecule has 1 aromatic rings. The zero-order valence-electron chi connectivity index (χ0n) is 7.61. The van der Waals surface area contributed by atoms with E-state index in [2.05, 4.69) is 12.0 Å². The lowest BCUT2D eigenvalue weighted by atomic mass is 10.0. The summed E-state index contributed by atoms with van der Waals surface area (Å²) in [5.41, 5.74) is 5.50. The molecule has 0 bridgehead atoms. The Morgan fingerprint density at radius 1 is 1.58 bits per heavy atom. The van der Waals surface area contributed by atoms with Gasteiger partial charge in [0, 0.05) is 18.9 Å². The van der Waals surface area contributed by atoms with E-state index in [1.54, 1.807) is 0 Å². The zero-order chi connectivity index (χ0) is 8.81. The van der Waals surface area contributed by atoms with E-state index in [1.165, 1.54) is 6.42 Å². The topological polar surface area (TPSA) is 43.8 Å². The van der Waals surface area contributed by atoms with Crippen molar-refractivity contribution in [2.75, 3.05) is 6.54 Å². The first-order valence-corrected chi connectivity index (χ1v) is 4.54. The van der Waals surface area contributed by atoms with Crippen molar-refractivity contribution < 1.29 is 0 Å². The number of aromatic nitrogens is 2. The van der Waals surface area contributed by atoms with Crippen LogP contribution in [0.25, 0.3) is 0 Å². The molecule has 0 saturated carbocycles. The lowest BCUT2D eigenvalue weighted by Gasteiger charge is -2.12. The van der Waals surface area contributed by atoms with Crippen molar-refractivity contribution in [3.05, 3.63) is 18.5 Å². The summed E-state index contributed by atoms with van der Waals surface area (Å²) in [4.78, 5) is 0. The summed E-state index contributed by atoms with van der Waals surface area (Å²) in [6.45, 7) is 3.98. The Kier molecular flexibility index (Phi) is 3.80. The van der Waals surface area contributed by atoms with E-state index in [0.717, 1.165) is 19.5 Å². The maximum atomic E-state index is 5.50. The van der Waals surface area contributed by atoms with E-state index in [-0.39, 0.29) is 0 Å². The van der Waals surface area contributed by atoms with Crippen molar-refractivity contribution in [3.63, 3.8) is 0 Å². The Labute approximate surface area is 73.6 Å². The fourth-order valence-electron chi connectivity index (χ4n) is 1.33. The number of hydrogen-bond acceptors (Lipinski definition) is 2. The highest BCUT2D eigenvalue weighted by Crippen LogP contribution is 2.09. The van der Waals surface area contributed by atoms with E-state index < -0.39 is 0 Å². The van der Waals surface area contributed by atoms with Crippen molar-refractivity contribution in [2.24, 2.45) is 11.7 Å². The fourth-order valence-corrected chi connectivity index (χ4v) is 1.33. The largest absolute Gasteiger partial charge is 0.330 e. The molecule has 1 rings (SSSR count). The highest BCUT2D eigenvalue weighted by Gasteiger charge is 2.05. The highest BCUT2D eigenvalue weighted by molar-refractivity contribution is 4.78. The summed E-state index contributed by atoms with van der Waals surface area (Å²) >= 11 is 0. The molecule has 68 valence electrons. The predicted molar refractivity (Wildman–Crippen MR) is 49.7 cm³/mol. The molecule has 0 aliphatic heterocycles. The maximum Gasteiger partial charge on any atom is 0.0489 e. The van der Waals surface area contributed by atoms with Gasteiger partial charge in [0.1, 0.15) is 0 Å². The summed E-state index contributed by atoms with van der Waals surface area (Å²) in [6, 6.07) is 1.95. The Morgan fingerprint density at radius 2 is 2.42 bits per heavy atom. The van der Waals surface area contributed by atoms with Gasteiger partial charge in [-0.1, -0.05) is 13.3 Å². The lowest BCUT2D eigenvalue weighted by Crippen LogP contribution is -2.14. The van der Waals surface area contributed by atoms with Gasteiger partial charge >= 0.3 is 0 Å². The quantitative estimate of drug-likeness (QED) is 0.717. The second-order valence-corrected chi connectivity index (χ2v) is 3.08. The molecule has 1 unspecified atom stereocenters. The Balaban J connectivity index is 2.37. The Morgan fingerprint density at radius 3 is 2.92 bits per heavy atom. The second kappa shape index (κ2) is 4.93. The summed E-state index contributed by atoms with van der Waals surface area (Å²) < 4.78 is 1.98. The second-order valence-electron chi connectivity index (χ2n) is 3.08. The van der Waals surface area contributed by atoms with Crippen LogP contribution in [0, 0.1) is 5.92 Å². The maximum absolute atomic E-state index is 5.50. The minimum Gasteiger partial charge on any atom is -0.330 e. The number of rotatable bonds is 5. The van der Waals surface area contributed by atoms with E-state index in [9.17, 15) is 0 Å². The molecule has 2 N–H and O–H groups in total. The van der Waals surface area contributed by atoms with Crippen LogP contribution >= 0.6 is 0 Å². The van der Waals surface area contributed by atoms with Crippen LogP contribution in [-0.2, 0) is 6.54 Å². The minimum absolute atomic E-state index is 0.676. The van der Waals surface area contributed by atoms with Gasteiger partial charge in [0.25, 0.3) is 0 Å². The van der Waals surface area contributed by atoms with E-state index >= 15 is 0 Å². The smallest absolute Gasteiger partial charge is 0.0489 e. The average Bonchev–Trinajstić information content (AvgIpc) is 2.56. The van der Waals surface area contributed by atoms with Gasteiger partial charge in [0.05, 0.1) is 0 Å². The van der Waals surface area contributed by atoms with Gasteiger partial charge in [-0.25, -0.2) is 0 Å². The van der Waals surface area contributed by atoms with Crippen LogP contribution in [0.5, 0.6) is 0 Å². The molecule has 3 nitrogen and oxygen atoms in total. The van der Waals surface area contributed by atoms with Gasteiger partial charge in [-0.05, 0) is 24.9 Å². The highest BCUT2D eigenvalue weighted by atomic mass is 15.3. The van der Waals surface area contributed by atoms with E-state index in [0.29, 0.717) is 5.92 Å². The Hall–Kier alpha value is -0.830. The van der Waals surface area contributed by atoms with Gasteiger partial charge in [-0.2, -0.15) is 5.10 Å². The molecular weight excluding hydrogens is 150 g/mol. The predicted octanol–water partition coefficient (Wildman–Crippen LogP) is 1.26. The van der Waals surface area contributed by atoms with Gasteiger partial charge in [-0.15, -0.1) is 0 Å². The zero-order valence-corrected chi connectivity index (χ0v) is 7.61. The van der Waals surface area contributed by atoms with Crippen molar-refractivity contribution in [1.29, 1.82) is 0 Å². The molecule has 0 spiro atoms. The molecule has 0 radical (unpaired) electrons. The fraction of sp³-hybridized carbons (Fsp3) is 0.667. The average molecular weight is 167 g/mol. The summed E-state index contributed by atoms with van der Waals surface area (Å²) in [5, 5.41) is 4.16. The third-order valence-electron chi connectivity index (χ3n) is 2.16. The van der Waals surface area contributed by atoms with Crippen molar-refractivity contribution in [1.82, 2.24) is 9.78 Å². The molecule has 12 heavy (non-hydrogen) atoms. The third kappa shape index (κ3) is 2.66. The van der Waals surface area contributed by atoms with Crippen LogP contribution in [0.1, 0.15) is 19.8 Å². The van der Waals surface area contributed by atoms with Crippen LogP contribution in [0.2, 0.25) is 0 Å². The molecule has 1 atom stereocenters. The molecule has 0 aliphatic carbocycles. The normalized spacial score (nSPS) is 13.2. The molecule has 1 heterocycles. The van der Waals surface area contributed by atoms with Gasteiger partial charge in [-0.3, -0.25) is 4.68 Å². The number of nitrogens with zero attached hydrogens (tertiary/aromatic N) is 2. The first kappa shape index (κ1) is 9.26. The standard InChI is InChI=1S/C9H17N3/c1-2-9(4-5-10)8-12-7-3-6-11-12/h3,6-7,9H,2,4-5,8,10H2,1H3. The first-order chi connectivity index (χ1) is 5.86. The first-order valence-electron chi connectivity index (χ1n) is 4.54. The molecule has 0 amide bonds. The third-order valence-corrected chi connectivity index (χ3v) is 2.16. The van der Waals surface area contributed by atoms with Gasteiger partial charge < -0.3 is 5.73 Å². The molecular formula is C9H17N3. The lowest BCUT2D eigenvalue weighted by molar-refractivity contribution is 0.387. The Bertz CT molecular complexity index is 194. The monoisotopic (exact) mass is 167 g/mol. The van der Waals surface area contributed by atoms with Crippen LogP contribution in [-0.4, -0.2) is 16.3 Å². The van der Waals surface area contributed by atoms with Crippen LogP contribution in [0.3, 0.4) is 0 Å². The summed E-state index contributed by atoms with van der Waals surface area (Å²) in [5.74, 6) is 0.676. The van der Waals surface area contributed by atoms with Crippen molar-refractivity contribution in [3.8, 4) is 0 Å². The van der Waals surface area contributed by atoms with E-state index in [4.69, 9.17) is 5.73 Å². The summed E-state index contributed by atoms with van der Waals surface area (Å²) in [7, 11) is 0. The molecule has 0 aliphatic rings. The van der Waals surface area contributed by atoms with E-state index in [1.807, 2.05) is 23.1 Å². The van der Waals surface area contributed by atoms with Gasteiger partial charge in [0.15, 0.2) is 0 Å². The summed E-state index contributed by atoms with van der Waals surface area (Å²) in [6.07, 6.45) is 6.09. The number of nitrogens with two attached hydrogens (primary N) is 1. The minimum atomic E-state index is 0.676. The molecule has 0 saturated heterocycles. The van der Waals surface area contributed by atoms with Crippen LogP contribution in [0.15, 0.2) is 18.5 Å².